The fourth-order valence-corrected chi connectivity index (χ4v) is 3.08. The molecule has 0 saturated heterocycles. The molecular weight excluding hydrogens is 250 g/mol. The average Bonchev–Trinajstić information content (AvgIpc) is 2.41. The number of aromatic nitrogens is 2. The van der Waals surface area contributed by atoms with E-state index in [0.717, 1.165) is 24.6 Å². The lowest BCUT2D eigenvalue weighted by Crippen LogP contribution is -2.36. The molecule has 3 unspecified atom stereocenters. The molecule has 0 radical (unpaired) electrons. The largest absolute Gasteiger partial charge is 0.473 e. The first-order valence-electron chi connectivity index (χ1n) is 7.72. The molecule has 2 rings (SSSR count). The van der Waals surface area contributed by atoms with E-state index in [1.165, 1.54) is 12.8 Å². The van der Waals surface area contributed by atoms with Gasteiger partial charge in [0.1, 0.15) is 6.10 Å². The van der Waals surface area contributed by atoms with Crippen LogP contribution in [0.4, 0.5) is 0 Å². The summed E-state index contributed by atoms with van der Waals surface area (Å²) in [6.07, 6.45) is 7.53. The molecule has 0 spiro atoms. The first-order valence-corrected chi connectivity index (χ1v) is 7.72. The van der Waals surface area contributed by atoms with E-state index in [1.807, 2.05) is 7.05 Å². The lowest BCUT2D eigenvalue weighted by Gasteiger charge is -2.36. The molecule has 112 valence electrons. The Morgan fingerprint density at radius 3 is 2.70 bits per heavy atom. The van der Waals surface area contributed by atoms with Crippen LogP contribution in [-0.4, -0.2) is 23.1 Å². The van der Waals surface area contributed by atoms with Gasteiger partial charge in [-0.2, -0.15) is 0 Å². The third-order valence-electron chi connectivity index (χ3n) is 4.27. The van der Waals surface area contributed by atoms with Crippen LogP contribution < -0.4 is 10.1 Å². The highest BCUT2D eigenvalue weighted by Gasteiger charge is 2.32. The van der Waals surface area contributed by atoms with Gasteiger partial charge in [0, 0.05) is 6.54 Å². The third-order valence-corrected chi connectivity index (χ3v) is 4.27. The Kier molecular flexibility index (Phi) is 5.35. The molecule has 1 heterocycles. The van der Waals surface area contributed by atoms with Crippen LogP contribution in [0.1, 0.15) is 45.7 Å². The molecule has 0 aromatic carbocycles. The summed E-state index contributed by atoms with van der Waals surface area (Å²) in [6, 6.07) is 0. The molecule has 1 aromatic heterocycles. The first-order chi connectivity index (χ1) is 9.60. The quantitative estimate of drug-likeness (QED) is 0.898. The minimum Gasteiger partial charge on any atom is -0.473 e. The van der Waals surface area contributed by atoms with Crippen molar-refractivity contribution in [2.45, 2.75) is 52.7 Å². The summed E-state index contributed by atoms with van der Waals surface area (Å²) in [5.41, 5.74) is 0.942. The molecule has 4 heteroatoms. The van der Waals surface area contributed by atoms with Gasteiger partial charge in [-0.3, -0.25) is 4.98 Å². The molecule has 1 aliphatic rings. The third kappa shape index (κ3) is 3.92. The maximum Gasteiger partial charge on any atom is 0.232 e. The number of hydrogen-bond acceptors (Lipinski definition) is 4. The van der Waals surface area contributed by atoms with E-state index in [9.17, 15) is 0 Å². The maximum absolute atomic E-state index is 6.14. The van der Waals surface area contributed by atoms with Crippen LogP contribution in [0.25, 0.3) is 0 Å². The van der Waals surface area contributed by atoms with Gasteiger partial charge in [-0.05, 0) is 37.6 Å². The molecule has 0 bridgehead atoms. The van der Waals surface area contributed by atoms with Crippen molar-refractivity contribution in [2.75, 3.05) is 7.05 Å². The van der Waals surface area contributed by atoms with Crippen LogP contribution in [0.3, 0.4) is 0 Å². The summed E-state index contributed by atoms with van der Waals surface area (Å²) < 4.78 is 6.14. The van der Waals surface area contributed by atoms with Crippen LogP contribution in [-0.2, 0) is 6.54 Å². The van der Waals surface area contributed by atoms with Crippen LogP contribution in [0.2, 0.25) is 0 Å². The topological polar surface area (TPSA) is 47.0 Å². The van der Waals surface area contributed by atoms with Crippen molar-refractivity contribution < 1.29 is 4.74 Å². The van der Waals surface area contributed by atoms with Crippen LogP contribution >= 0.6 is 0 Å². The predicted molar refractivity (Wildman–Crippen MR) is 80.6 cm³/mol. The number of hydrogen-bond donors (Lipinski definition) is 1. The summed E-state index contributed by atoms with van der Waals surface area (Å²) >= 11 is 0. The smallest absolute Gasteiger partial charge is 0.232 e. The summed E-state index contributed by atoms with van der Waals surface area (Å²) in [5.74, 6) is 2.69. The van der Waals surface area contributed by atoms with Crippen LogP contribution in [0.5, 0.6) is 5.88 Å². The molecule has 3 atom stereocenters. The highest BCUT2D eigenvalue weighted by molar-refractivity contribution is 5.08. The lowest BCUT2D eigenvalue weighted by atomic mass is 9.75. The number of nitrogens with zero attached hydrogens (tertiary/aromatic N) is 2. The number of nitrogens with one attached hydrogen (secondary N) is 1. The zero-order chi connectivity index (χ0) is 14.5. The summed E-state index contributed by atoms with van der Waals surface area (Å²) in [6.45, 7) is 7.63. The molecule has 0 amide bonds. The van der Waals surface area contributed by atoms with Gasteiger partial charge in [0.15, 0.2) is 0 Å². The van der Waals surface area contributed by atoms with Crippen molar-refractivity contribution in [1.29, 1.82) is 0 Å². The lowest BCUT2D eigenvalue weighted by molar-refractivity contribution is 0.0423. The second kappa shape index (κ2) is 7.02. The van der Waals surface area contributed by atoms with Gasteiger partial charge in [-0.15, -0.1) is 0 Å². The SMILES string of the molecule is CNCc1cnc(OC2CC(C)CCC2C(C)C)cn1. The molecular formula is C16H27N3O. The molecule has 1 fully saturated rings. The normalized spacial score (nSPS) is 26.8. The van der Waals surface area contributed by atoms with Gasteiger partial charge in [0.25, 0.3) is 0 Å². The standard InChI is InChI=1S/C16H27N3O/c1-11(2)14-6-5-12(3)7-15(14)20-16-10-18-13(8-17-4)9-19-16/h9-12,14-15,17H,5-8H2,1-4H3. The highest BCUT2D eigenvalue weighted by Crippen LogP contribution is 2.35. The van der Waals surface area contributed by atoms with Gasteiger partial charge in [-0.1, -0.05) is 27.2 Å². The van der Waals surface area contributed by atoms with Crippen molar-refractivity contribution in [2.24, 2.45) is 17.8 Å². The van der Waals surface area contributed by atoms with Gasteiger partial charge in [0.05, 0.1) is 18.1 Å². The second-order valence-corrected chi connectivity index (χ2v) is 6.36. The average molecular weight is 277 g/mol. The van der Waals surface area contributed by atoms with Crippen molar-refractivity contribution >= 4 is 0 Å². The Hall–Kier alpha value is -1.16. The Morgan fingerprint density at radius 1 is 1.30 bits per heavy atom. The molecule has 1 aromatic rings. The zero-order valence-corrected chi connectivity index (χ0v) is 13.1. The summed E-state index contributed by atoms with van der Waals surface area (Å²) in [7, 11) is 1.91. The van der Waals surface area contributed by atoms with Gasteiger partial charge < -0.3 is 10.1 Å². The fraction of sp³-hybridized carbons (Fsp3) is 0.750. The maximum atomic E-state index is 6.14. The molecule has 20 heavy (non-hydrogen) atoms. The van der Waals surface area contributed by atoms with Crippen molar-refractivity contribution in [3.8, 4) is 5.88 Å². The van der Waals surface area contributed by atoms with Gasteiger partial charge >= 0.3 is 0 Å². The summed E-state index contributed by atoms with van der Waals surface area (Å²) in [4.78, 5) is 8.76. The first kappa shape index (κ1) is 15.2. The van der Waals surface area contributed by atoms with E-state index >= 15 is 0 Å². The van der Waals surface area contributed by atoms with Crippen LogP contribution in [0.15, 0.2) is 12.4 Å². The fourth-order valence-electron chi connectivity index (χ4n) is 3.08. The Bertz CT molecular complexity index is 405. The monoisotopic (exact) mass is 277 g/mol. The van der Waals surface area contributed by atoms with E-state index in [2.05, 4.69) is 36.1 Å². The Labute approximate surface area is 122 Å². The van der Waals surface area contributed by atoms with Crippen molar-refractivity contribution in [1.82, 2.24) is 15.3 Å². The van der Waals surface area contributed by atoms with E-state index in [4.69, 9.17) is 4.74 Å². The van der Waals surface area contributed by atoms with Crippen molar-refractivity contribution in [3.63, 3.8) is 0 Å². The van der Waals surface area contributed by atoms with E-state index in [-0.39, 0.29) is 6.10 Å². The number of rotatable bonds is 5. The van der Waals surface area contributed by atoms with E-state index in [1.54, 1.807) is 12.4 Å². The Balaban J connectivity index is 2.02. The molecule has 1 saturated carbocycles. The molecule has 0 aliphatic heterocycles. The predicted octanol–water partition coefficient (Wildman–Crippen LogP) is 3.04. The zero-order valence-electron chi connectivity index (χ0n) is 13.1. The highest BCUT2D eigenvalue weighted by atomic mass is 16.5. The van der Waals surface area contributed by atoms with Crippen molar-refractivity contribution in [3.05, 3.63) is 18.1 Å². The number of ether oxygens (including phenoxy) is 1. The Morgan fingerprint density at radius 2 is 2.10 bits per heavy atom. The van der Waals surface area contributed by atoms with Crippen LogP contribution in [0, 0.1) is 17.8 Å². The molecule has 4 nitrogen and oxygen atoms in total. The summed E-state index contributed by atoms with van der Waals surface area (Å²) in [5, 5.41) is 3.07. The molecule has 1 N–H and O–H groups in total. The van der Waals surface area contributed by atoms with Gasteiger partial charge in [0.2, 0.25) is 5.88 Å². The molecule has 1 aliphatic carbocycles. The minimum atomic E-state index is 0.281. The van der Waals surface area contributed by atoms with Gasteiger partial charge in [-0.25, -0.2) is 4.98 Å². The second-order valence-electron chi connectivity index (χ2n) is 6.36. The van der Waals surface area contributed by atoms with E-state index < -0.39 is 0 Å². The van der Waals surface area contributed by atoms with E-state index in [0.29, 0.717) is 17.7 Å². The minimum absolute atomic E-state index is 0.281.